The summed E-state index contributed by atoms with van der Waals surface area (Å²) in [5.41, 5.74) is -0.0557. The van der Waals surface area contributed by atoms with Gasteiger partial charge in [-0.3, -0.25) is 9.59 Å². The number of carbonyl (C=O) groups excluding carboxylic acids is 2. The monoisotopic (exact) mass is 282 g/mol. The van der Waals surface area contributed by atoms with Crippen molar-refractivity contribution in [2.45, 2.75) is 33.6 Å². The first kappa shape index (κ1) is 15.3. The Bertz CT molecular complexity index is 370. The van der Waals surface area contributed by atoms with E-state index in [-0.39, 0.29) is 23.1 Å². The smallest absolute Gasteiger partial charge is 0.232 e. The summed E-state index contributed by atoms with van der Waals surface area (Å²) < 4.78 is 5.31. The Morgan fingerprint density at radius 1 is 1.35 bits per heavy atom. The van der Waals surface area contributed by atoms with E-state index in [1.165, 1.54) is 0 Å². The molecule has 0 saturated carbocycles. The summed E-state index contributed by atoms with van der Waals surface area (Å²) in [5.74, 6) is -0.259. The van der Waals surface area contributed by atoms with Gasteiger partial charge in [0.2, 0.25) is 11.8 Å². The molecule has 0 spiro atoms. The largest absolute Gasteiger partial charge is 0.381 e. The average molecular weight is 282 g/mol. The van der Waals surface area contributed by atoms with Crippen molar-refractivity contribution in [1.29, 1.82) is 0 Å². The second-order valence-corrected chi connectivity index (χ2v) is 7.00. The SMILES string of the molecule is CC(C)(C)[C@H]1CNC(=O)[C@@H]1C(=O)NCC1CCOCC1. The van der Waals surface area contributed by atoms with Gasteiger partial charge in [-0.05, 0) is 24.2 Å². The van der Waals surface area contributed by atoms with Gasteiger partial charge in [-0.25, -0.2) is 0 Å². The van der Waals surface area contributed by atoms with E-state index in [4.69, 9.17) is 4.74 Å². The molecule has 5 nitrogen and oxygen atoms in total. The summed E-state index contributed by atoms with van der Waals surface area (Å²) in [5, 5.41) is 5.80. The molecule has 2 rings (SSSR count). The van der Waals surface area contributed by atoms with Gasteiger partial charge >= 0.3 is 0 Å². The Kier molecular flexibility index (Phi) is 4.68. The van der Waals surface area contributed by atoms with Crippen molar-refractivity contribution < 1.29 is 14.3 Å². The molecule has 0 bridgehead atoms. The molecule has 2 saturated heterocycles. The maximum Gasteiger partial charge on any atom is 0.232 e. The van der Waals surface area contributed by atoms with E-state index in [9.17, 15) is 9.59 Å². The van der Waals surface area contributed by atoms with Crippen LogP contribution in [0.25, 0.3) is 0 Å². The summed E-state index contributed by atoms with van der Waals surface area (Å²) in [7, 11) is 0. The van der Waals surface area contributed by atoms with Crippen LogP contribution < -0.4 is 10.6 Å². The highest BCUT2D eigenvalue weighted by molar-refractivity contribution is 6.02. The zero-order valence-corrected chi connectivity index (χ0v) is 12.7. The molecule has 2 heterocycles. The standard InChI is InChI=1S/C15H26N2O3/c1-15(2,3)11-9-17-14(19)12(11)13(18)16-8-10-4-6-20-7-5-10/h10-12H,4-9H2,1-3H3,(H,16,18)(H,17,19)/t11-,12-/m0/s1. The summed E-state index contributed by atoms with van der Waals surface area (Å²) in [6, 6.07) is 0. The molecule has 0 aliphatic carbocycles. The lowest BCUT2D eigenvalue weighted by molar-refractivity contribution is -0.135. The van der Waals surface area contributed by atoms with Crippen LogP contribution in [-0.2, 0) is 14.3 Å². The minimum atomic E-state index is -0.546. The van der Waals surface area contributed by atoms with Crippen LogP contribution >= 0.6 is 0 Å². The first-order chi connectivity index (χ1) is 9.39. The van der Waals surface area contributed by atoms with E-state index in [1.54, 1.807) is 0 Å². The highest BCUT2D eigenvalue weighted by Crippen LogP contribution is 2.35. The summed E-state index contributed by atoms with van der Waals surface area (Å²) >= 11 is 0. The molecule has 2 atom stereocenters. The van der Waals surface area contributed by atoms with Crippen LogP contribution in [0.2, 0.25) is 0 Å². The maximum absolute atomic E-state index is 12.4. The van der Waals surface area contributed by atoms with E-state index < -0.39 is 5.92 Å². The van der Waals surface area contributed by atoms with Crippen molar-refractivity contribution >= 4 is 11.8 Å². The van der Waals surface area contributed by atoms with Crippen LogP contribution in [0.3, 0.4) is 0 Å². The highest BCUT2D eigenvalue weighted by atomic mass is 16.5. The lowest BCUT2D eigenvalue weighted by Gasteiger charge is -2.30. The number of rotatable bonds is 3. The fraction of sp³-hybridized carbons (Fsp3) is 0.867. The number of nitrogens with one attached hydrogen (secondary N) is 2. The number of carbonyl (C=O) groups is 2. The molecule has 0 radical (unpaired) electrons. The zero-order chi connectivity index (χ0) is 14.8. The second kappa shape index (κ2) is 6.12. The molecule has 2 aliphatic rings. The topological polar surface area (TPSA) is 67.4 Å². The molecule has 0 unspecified atom stereocenters. The van der Waals surface area contributed by atoms with Gasteiger partial charge in [0, 0.05) is 32.2 Å². The van der Waals surface area contributed by atoms with Crippen molar-refractivity contribution in [2.75, 3.05) is 26.3 Å². The second-order valence-electron chi connectivity index (χ2n) is 7.00. The molecule has 2 aliphatic heterocycles. The predicted octanol–water partition coefficient (Wildman–Crippen LogP) is 0.937. The minimum absolute atomic E-state index is 0.0557. The molecule has 0 aromatic rings. The first-order valence-corrected chi connectivity index (χ1v) is 7.53. The third-order valence-electron chi connectivity index (χ3n) is 4.48. The van der Waals surface area contributed by atoms with Crippen molar-refractivity contribution in [3.8, 4) is 0 Å². The average Bonchev–Trinajstić information content (AvgIpc) is 2.79. The Hall–Kier alpha value is -1.10. The van der Waals surface area contributed by atoms with Crippen LogP contribution in [0.4, 0.5) is 0 Å². The predicted molar refractivity (Wildman–Crippen MR) is 76.0 cm³/mol. The molecule has 2 N–H and O–H groups in total. The normalized spacial score (nSPS) is 28.2. The third-order valence-corrected chi connectivity index (χ3v) is 4.48. The fourth-order valence-electron chi connectivity index (χ4n) is 3.03. The van der Waals surface area contributed by atoms with Crippen molar-refractivity contribution in [3.05, 3.63) is 0 Å². The molecule has 114 valence electrons. The van der Waals surface area contributed by atoms with Gasteiger partial charge in [-0.2, -0.15) is 0 Å². The van der Waals surface area contributed by atoms with Crippen LogP contribution in [0.5, 0.6) is 0 Å². The van der Waals surface area contributed by atoms with E-state index in [0.29, 0.717) is 19.0 Å². The number of ether oxygens (including phenoxy) is 1. The van der Waals surface area contributed by atoms with Gasteiger partial charge in [0.05, 0.1) is 0 Å². The van der Waals surface area contributed by atoms with Gasteiger partial charge in [-0.15, -0.1) is 0 Å². The maximum atomic E-state index is 12.4. The summed E-state index contributed by atoms with van der Waals surface area (Å²) in [6.07, 6.45) is 1.97. The van der Waals surface area contributed by atoms with Crippen LogP contribution in [0.15, 0.2) is 0 Å². The van der Waals surface area contributed by atoms with E-state index in [2.05, 4.69) is 31.4 Å². The molecule has 2 amide bonds. The van der Waals surface area contributed by atoms with Crippen LogP contribution in [-0.4, -0.2) is 38.1 Å². The molecule has 20 heavy (non-hydrogen) atoms. The van der Waals surface area contributed by atoms with Crippen LogP contribution in [0.1, 0.15) is 33.6 Å². The first-order valence-electron chi connectivity index (χ1n) is 7.53. The van der Waals surface area contributed by atoms with Crippen molar-refractivity contribution in [3.63, 3.8) is 0 Å². The number of hydrogen-bond acceptors (Lipinski definition) is 3. The number of amides is 2. The van der Waals surface area contributed by atoms with Gasteiger partial charge < -0.3 is 15.4 Å². The van der Waals surface area contributed by atoms with E-state index in [0.717, 1.165) is 26.1 Å². The zero-order valence-electron chi connectivity index (χ0n) is 12.7. The van der Waals surface area contributed by atoms with Crippen molar-refractivity contribution in [1.82, 2.24) is 10.6 Å². The quantitative estimate of drug-likeness (QED) is 0.757. The van der Waals surface area contributed by atoms with Crippen LogP contribution in [0, 0.1) is 23.2 Å². The molecule has 5 heteroatoms. The molecular weight excluding hydrogens is 256 g/mol. The Labute approximate surface area is 120 Å². The van der Waals surface area contributed by atoms with Gasteiger partial charge in [0.25, 0.3) is 0 Å². The molecule has 0 aromatic carbocycles. The fourth-order valence-corrected chi connectivity index (χ4v) is 3.03. The Balaban J connectivity index is 1.91. The Morgan fingerprint density at radius 2 is 2.00 bits per heavy atom. The lowest BCUT2D eigenvalue weighted by atomic mass is 9.74. The highest BCUT2D eigenvalue weighted by Gasteiger charge is 2.45. The third kappa shape index (κ3) is 3.51. The Morgan fingerprint density at radius 3 is 2.60 bits per heavy atom. The lowest BCUT2D eigenvalue weighted by Crippen LogP contribution is -2.43. The molecule has 2 fully saturated rings. The molecular formula is C15H26N2O3. The molecule has 0 aromatic heterocycles. The van der Waals surface area contributed by atoms with E-state index >= 15 is 0 Å². The number of hydrogen-bond donors (Lipinski definition) is 2. The van der Waals surface area contributed by atoms with Crippen molar-refractivity contribution in [2.24, 2.45) is 23.2 Å². The summed E-state index contributed by atoms with van der Waals surface area (Å²) in [6.45, 7) is 9.04. The summed E-state index contributed by atoms with van der Waals surface area (Å²) in [4.78, 5) is 24.3. The van der Waals surface area contributed by atoms with Gasteiger partial charge in [0.15, 0.2) is 0 Å². The van der Waals surface area contributed by atoms with Gasteiger partial charge in [0.1, 0.15) is 5.92 Å². The van der Waals surface area contributed by atoms with E-state index in [1.807, 2.05) is 0 Å². The minimum Gasteiger partial charge on any atom is -0.381 e. The van der Waals surface area contributed by atoms with Gasteiger partial charge in [-0.1, -0.05) is 20.8 Å².